The van der Waals surface area contributed by atoms with E-state index >= 15 is 0 Å². The van der Waals surface area contributed by atoms with E-state index in [0.29, 0.717) is 24.8 Å². The number of carbonyl (C=O) groups is 1. The molecule has 0 radical (unpaired) electrons. The van der Waals surface area contributed by atoms with E-state index in [9.17, 15) is 18.0 Å². The second-order valence-corrected chi connectivity index (χ2v) is 3.48. The molecule has 0 bridgehead atoms. The summed E-state index contributed by atoms with van der Waals surface area (Å²) in [6.45, 7) is 0. The maximum absolute atomic E-state index is 12.3. The van der Waals surface area contributed by atoms with Crippen molar-refractivity contribution >= 4 is 5.78 Å². The minimum Gasteiger partial charge on any atom is -0.292 e. The van der Waals surface area contributed by atoms with Crippen molar-refractivity contribution in [2.75, 3.05) is 0 Å². The maximum Gasteiger partial charge on any atom is 0.433 e. The summed E-state index contributed by atoms with van der Waals surface area (Å²) >= 11 is 0. The van der Waals surface area contributed by atoms with Gasteiger partial charge in [0, 0.05) is 6.42 Å². The third-order valence-electron chi connectivity index (χ3n) is 2.38. The number of nitrogens with zero attached hydrogens (tertiary/aromatic N) is 1. The monoisotopic (exact) mass is 215 g/mol. The lowest BCUT2D eigenvalue weighted by Gasteiger charge is -2.15. The largest absolute Gasteiger partial charge is 0.433 e. The van der Waals surface area contributed by atoms with Crippen molar-refractivity contribution in [1.82, 2.24) is 4.98 Å². The zero-order chi connectivity index (χ0) is 11.1. The van der Waals surface area contributed by atoms with Crippen LogP contribution in [0, 0.1) is 0 Å². The first kappa shape index (κ1) is 10.1. The second kappa shape index (κ2) is 3.32. The van der Waals surface area contributed by atoms with E-state index in [0.717, 1.165) is 6.07 Å². The Bertz CT molecular complexity index is 412. The summed E-state index contributed by atoms with van der Waals surface area (Å²) in [4.78, 5) is 14.7. The molecule has 15 heavy (non-hydrogen) atoms. The minimum absolute atomic E-state index is 0.00363. The Morgan fingerprint density at radius 2 is 1.93 bits per heavy atom. The molecule has 1 heterocycles. The zero-order valence-corrected chi connectivity index (χ0v) is 7.77. The van der Waals surface area contributed by atoms with Gasteiger partial charge in [-0.2, -0.15) is 13.2 Å². The van der Waals surface area contributed by atoms with Crippen molar-refractivity contribution in [1.29, 1.82) is 0 Å². The lowest BCUT2D eigenvalue weighted by molar-refractivity contribution is -0.141. The summed E-state index contributed by atoms with van der Waals surface area (Å²) in [6.07, 6.45) is -2.86. The Morgan fingerprint density at radius 1 is 1.20 bits per heavy atom. The van der Waals surface area contributed by atoms with Crippen LogP contribution in [0.25, 0.3) is 0 Å². The fourth-order valence-corrected chi connectivity index (χ4v) is 1.65. The molecule has 80 valence electrons. The second-order valence-electron chi connectivity index (χ2n) is 3.48. The van der Waals surface area contributed by atoms with Gasteiger partial charge in [-0.05, 0) is 24.5 Å². The lowest BCUT2D eigenvalue weighted by atomic mass is 9.95. The van der Waals surface area contributed by atoms with Crippen LogP contribution in [0.5, 0.6) is 0 Å². The van der Waals surface area contributed by atoms with E-state index in [4.69, 9.17) is 0 Å². The van der Waals surface area contributed by atoms with Crippen molar-refractivity contribution in [3.05, 3.63) is 29.1 Å². The lowest BCUT2D eigenvalue weighted by Crippen LogP contribution is -2.17. The highest BCUT2D eigenvalue weighted by Crippen LogP contribution is 2.29. The Balaban J connectivity index is 2.49. The number of carbonyl (C=O) groups excluding carboxylic acids is 1. The molecule has 0 N–H and O–H groups in total. The summed E-state index contributed by atoms with van der Waals surface area (Å²) in [5, 5.41) is 0. The van der Waals surface area contributed by atoms with E-state index in [1.807, 2.05) is 0 Å². The van der Waals surface area contributed by atoms with Crippen LogP contribution >= 0.6 is 0 Å². The number of rotatable bonds is 0. The first-order valence-corrected chi connectivity index (χ1v) is 4.59. The first-order valence-electron chi connectivity index (χ1n) is 4.59. The van der Waals surface area contributed by atoms with Crippen LogP contribution in [-0.4, -0.2) is 10.8 Å². The summed E-state index contributed by atoms with van der Waals surface area (Å²) in [5.41, 5.74) is -0.369. The maximum atomic E-state index is 12.3. The molecule has 0 fully saturated rings. The number of ketones is 1. The molecule has 0 unspecified atom stereocenters. The summed E-state index contributed by atoms with van der Waals surface area (Å²) in [6, 6.07) is 2.28. The highest BCUT2D eigenvalue weighted by molar-refractivity contribution is 5.96. The van der Waals surface area contributed by atoms with Gasteiger partial charge in [0.1, 0.15) is 11.4 Å². The molecule has 2 nitrogen and oxygen atoms in total. The third kappa shape index (κ3) is 1.86. The Kier molecular flexibility index (Phi) is 2.25. The molecular formula is C10H8F3NO. The van der Waals surface area contributed by atoms with Gasteiger partial charge in [-0.25, -0.2) is 4.98 Å². The highest BCUT2D eigenvalue weighted by Gasteiger charge is 2.34. The molecule has 0 aliphatic heterocycles. The van der Waals surface area contributed by atoms with Crippen molar-refractivity contribution in [3.63, 3.8) is 0 Å². The van der Waals surface area contributed by atoms with Gasteiger partial charge in [-0.15, -0.1) is 0 Å². The van der Waals surface area contributed by atoms with Crippen LogP contribution in [0.15, 0.2) is 12.1 Å². The fraction of sp³-hybridized carbons (Fsp3) is 0.400. The fourth-order valence-electron chi connectivity index (χ4n) is 1.65. The number of hydrogen-bond donors (Lipinski definition) is 0. The molecule has 1 aromatic heterocycles. The Morgan fingerprint density at radius 3 is 2.60 bits per heavy atom. The number of halogens is 3. The van der Waals surface area contributed by atoms with E-state index in [1.54, 1.807) is 0 Å². The minimum atomic E-state index is -4.48. The van der Waals surface area contributed by atoms with E-state index in [-0.39, 0.29) is 11.5 Å². The van der Waals surface area contributed by atoms with E-state index < -0.39 is 11.9 Å². The van der Waals surface area contributed by atoms with E-state index in [2.05, 4.69) is 4.98 Å². The van der Waals surface area contributed by atoms with Crippen molar-refractivity contribution < 1.29 is 18.0 Å². The number of aromatic nitrogens is 1. The van der Waals surface area contributed by atoms with Gasteiger partial charge >= 0.3 is 6.18 Å². The SMILES string of the molecule is O=C1CCCc2ccc(C(F)(F)F)nc21. The van der Waals surface area contributed by atoms with Gasteiger partial charge in [0.15, 0.2) is 5.78 Å². The van der Waals surface area contributed by atoms with Crippen LogP contribution in [0.4, 0.5) is 13.2 Å². The van der Waals surface area contributed by atoms with Gasteiger partial charge in [-0.1, -0.05) is 6.07 Å². The smallest absolute Gasteiger partial charge is 0.292 e. The van der Waals surface area contributed by atoms with Gasteiger partial charge in [-0.3, -0.25) is 4.79 Å². The predicted octanol–water partition coefficient (Wildman–Crippen LogP) is 2.62. The molecule has 1 aromatic rings. The summed E-state index contributed by atoms with van der Waals surface area (Å²) < 4.78 is 36.9. The van der Waals surface area contributed by atoms with Gasteiger partial charge in [0.25, 0.3) is 0 Å². The molecule has 2 rings (SSSR count). The molecule has 1 aliphatic carbocycles. The molecule has 0 saturated heterocycles. The number of alkyl halides is 3. The quantitative estimate of drug-likeness (QED) is 0.665. The number of Topliss-reactive ketones (excluding diaryl/α,β-unsaturated/α-hetero) is 1. The normalized spacial score (nSPS) is 16.3. The third-order valence-corrected chi connectivity index (χ3v) is 2.38. The predicted molar refractivity (Wildman–Crippen MR) is 46.5 cm³/mol. The van der Waals surface area contributed by atoms with Crippen LogP contribution < -0.4 is 0 Å². The Labute approximate surface area is 84.1 Å². The molecule has 0 atom stereocenters. The molecule has 5 heteroatoms. The number of fused-ring (bicyclic) bond motifs is 1. The van der Waals surface area contributed by atoms with Crippen LogP contribution in [0.3, 0.4) is 0 Å². The van der Waals surface area contributed by atoms with Crippen molar-refractivity contribution in [2.45, 2.75) is 25.4 Å². The van der Waals surface area contributed by atoms with Gasteiger partial charge < -0.3 is 0 Å². The van der Waals surface area contributed by atoms with E-state index in [1.165, 1.54) is 6.07 Å². The van der Waals surface area contributed by atoms with Crippen LogP contribution in [-0.2, 0) is 12.6 Å². The van der Waals surface area contributed by atoms with Crippen molar-refractivity contribution in [3.8, 4) is 0 Å². The van der Waals surface area contributed by atoms with Crippen LogP contribution in [0.2, 0.25) is 0 Å². The average Bonchev–Trinajstić information content (AvgIpc) is 2.16. The molecule has 1 aliphatic rings. The highest BCUT2D eigenvalue weighted by atomic mass is 19.4. The zero-order valence-electron chi connectivity index (χ0n) is 7.77. The summed E-state index contributed by atoms with van der Waals surface area (Å²) in [7, 11) is 0. The number of hydrogen-bond acceptors (Lipinski definition) is 2. The average molecular weight is 215 g/mol. The molecule has 0 amide bonds. The van der Waals surface area contributed by atoms with Crippen LogP contribution in [0.1, 0.15) is 34.6 Å². The molecular weight excluding hydrogens is 207 g/mol. The summed E-state index contributed by atoms with van der Waals surface area (Å²) in [5.74, 6) is -0.289. The number of aryl methyl sites for hydroxylation is 1. The molecule has 0 spiro atoms. The molecule has 0 saturated carbocycles. The van der Waals surface area contributed by atoms with Gasteiger partial charge in [0.05, 0.1) is 0 Å². The molecule has 0 aromatic carbocycles. The first-order chi connectivity index (χ1) is 6.98. The topological polar surface area (TPSA) is 30.0 Å². The van der Waals surface area contributed by atoms with Gasteiger partial charge in [0.2, 0.25) is 0 Å². The van der Waals surface area contributed by atoms with Crippen molar-refractivity contribution in [2.24, 2.45) is 0 Å². The standard InChI is InChI=1S/C10H8F3NO/c11-10(12,13)8-5-4-6-2-1-3-7(15)9(6)14-8/h4-5H,1-3H2. The Hall–Kier alpha value is -1.39. The number of pyridine rings is 1.